The molecule has 2 aromatic carbocycles. The largest absolute Gasteiger partial charge is 0.487 e. The number of unbranched alkanes of at least 4 members (excludes halogenated alkanes) is 13. The monoisotopic (exact) mass is 570 g/mol. The lowest BCUT2D eigenvalue weighted by molar-refractivity contribution is -0.131. The van der Waals surface area contributed by atoms with Crippen molar-refractivity contribution in [1.29, 1.82) is 0 Å². The van der Waals surface area contributed by atoms with Crippen LogP contribution in [0.3, 0.4) is 0 Å². The van der Waals surface area contributed by atoms with Gasteiger partial charge in [0.05, 0.1) is 0 Å². The zero-order valence-corrected chi connectivity index (χ0v) is 26.2. The van der Waals surface area contributed by atoms with Crippen LogP contribution >= 0.6 is 0 Å². The number of hydrogen-bond acceptors (Lipinski definition) is 3. The van der Waals surface area contributed by atoms with E-state index in [0.717, 1.165) is 42.2 Å². The Balaban J connectivity index is 1.55. The van der Waals surface area contributed by atoms with Gasteiger partial charge in [0, 0.05) is 23.6 Å². The Kier molecular flexibility index (Phi) is 13.1. The van der Waals surface area contributed by atoms with Crippen LogP contribution in [-0.2, 0) is 11.2 Å². The van der Waals surface area contributed by atoms with E-state index in [4.69, 9.17) is 9.47 Å². The summed E-state index contributed by atoms with van der Waals surface area (Å²) >= 11 is 0. The van der Waals surface area contributed by atoms with Crippen molar-refractivity contribution in [2.75, 3.05) is 0 Å². The van der Waals surface area contributed by atoms with E-state index in [0.29, 0.717) is 17.5 Å². The summed E-state index contributed by atoms with van der Waals surface area (Å²) in [5, 5.41) is 0. The minimum atomic E-state index is -0.943. The first-order valence-corrected chi connectivity index (χ1v) is 16.2. The summed E-state index contributed by atoms with van der Waals surface area (Å²) in [6.07, 6.45) is 21.0. The summed E-state index contributed by atoms with van der Waals surface area (Å²) in [7, 11) is 0. The van der Waals surface area contributed by atoms with Gasteiger partial charge in [-0.05, 0) is 63.6 Å². The van der Waals surface area contributed by atoms with Crippen molar-refractivity contribution in [1.82, 2.24) is 0 Å². The van der Waals surface area contributed by atoms with Crippen molar-refractivity contribution < 1.29 is 23.0 Å². The minimum Gasteiger partial charge on any atom is -0.487 e. The fourth-order valence-corrected chi connectivity index (χ4v) is 6.19. The van der Waals surface area contributed by atoms with Crippen LogP contribution in [-0.4, -0.2) is 11.6 Å². The lowest BCUT2D eigenvalue weighted by atomic mass is 9.82. The van der Waals surface area contributed by atoms with Gasteiger partial charge >= 0.3 is 5.97 Å². The van der Waals surface area contributed by atoms with Gasteiger partial charge < -0.3 is 9.47 Å². The average Bonchev–Trinajstić information content (AvgIpc) is 2.94. The summed E-state index contributed by atoms with van der Waals surface area (Å²) in [5.74, 6) is -1.36. The Morgan fingerprint density at radius 1 is 0.878 bits per heavy atom. The first kappa shape index (κ1) is 33.1. The summed E-state index contributed by atoms with van der Waals surface area (Å²) in [6.45, 7) is 9.55. The third-order valence-electron chi connectivity index (χ3n) is 8.82. The first-order chi connectivity index (χ1) is 19.7. The molecule has 0 aromatic heterocycles. The molecule has 5 heteroatoms. The molecule has 1 heterocycles. The molecule has 1 aliphatic rings. The highest BCUT2D eigenvalue weighted by Crippen LogP contribution is 2.49. The second kappa shape index (κ2) is 16.3. The molecule has 0 radical (unpaired) electrons. The van der Waals surface area contributed by atoms with Crippen LogP contribution < -0.4 is 9.47 Å². The predicted octanol–water partition coefficient (Wildman–Crippen LogP) is 11.1. The number of rotatable bonds is 17. The molecule has 0 amide bonds. The molecule has 0 spiro atoms. The number of ether oxygens (including phenoxy) is 2. The molecule has 1 atom stereocenters. The number of hydrogen-bond donors (Lipinski definition) is 0. The molecule has 3 nitrogen and oxygen atoms in total. The smallest absolute Gasteiger partial charge is 0.308 e. The van der Waals surface area contributed by atoms with Crippen LogP contribution in [0.2, 0.25) is 0 Å². The number of benzene rings is 2. The van der Waals surface area contributed by atoms with Crippen LogP contribution in [0.4, 0.5) is 8.78 Å². The van der Waals surface area contributed by atoms with E-state index >= 15 is 4.39 Å². The molecule has 41 heavy (non-hydrogen) atoms. The fraction of sp³-hybridized carbons (Fsp3) is 0.639. The van der Waals surface area contributed by atoms with Gasteiger partial charge in [0.25, 0.3) is 0 Å². The van der Waals surface area contributed by atoms with Crippen molar-refractivity contribution >= 4 is 5.97 Å². The Bertz CT molecular complexity index is 1140. The molecule has 0 saturated heterocycles. The van der Waals surface area contributed by atoms with Crippen molar-refractivity contribution in [2.45, 2.75) is 149 Å². The Labute approximate surface area is 247 Å². The molecule has 1 aliphatic heterocycles. The zero-order valence-electron chi connectivity index (χ0n) is 26.2. The molecule has 228 valence electrons. The van der Waals surface area contributed by atoms with E-state index in [2.05, 4.69) is 13.8 Å². The molecule has 0 N–H and O–H groups in total. The topological polar surface area (TPSA) is 35.5 Å². The SMILES string of the molecule is CCCCCCCCCCCCCCCC[C@]1(C)CCc2c(c(C)c(C)c(OC(C)=O)c2-c2cccc(F)c2F)O1. The number of carbonyl (C=O) groups excluding carboxylic acids is 1. The van der Waals surface area contributed by atoms with E-state index < -0.39 is 17.6 Å². The Hall–Kier alpha value is -2.43. The summed E-state index contributed by atoms with van der Waals surface area (Å²) < 4.78 is 41.6. The van der Waals surface area contributed by atoms with Gasteiger partial charge in [-0.15, -0.1) is 0 Å². The van der Waals surface area contributed by atoms with Gasteiger partial charge in [-0.25, -0.2) is 8.78 Å². The maximum absolute atomic E-state index is 15.0. The highest BCUT2D eigenvalue weighted by Gasteiger charge is 2.36. The van der Waals surface area contributed by atoms with Crippen LogP contribution in [0.25, 0.3) is 11.1 Å². The highest BCUT2D eigenvalue weighted by atomic mass is 19.2. The molecule has 0 bridgehead atoms. The van der Waals surface area contributed by atoms with Crippen molar-refractivity contribution in [3.05, 3.63) is 46.5 Å². The second-order valence-electron chi connectivity index (χ2n) is 12.4. The molecular formula is C36H52F2O3. The highest BCUT2D eigenvalue weighted by molar-refractivity contribution is 5.84. The van der Waals surface area contributed by atoms with Gasteiger partial charge in [0.2, 0.25) is 0 Å². The van der Waals surface area contributed by atoms with Crippen molar-refractivity contribution in [2.24, 2.45) is 0 Å². The Morgan fingerprint density at radius 2 is 1.44 bits per heavy atom. The van der Waals surface area contributed by atoms with Gasteiger partial charge in [0.15, 0.2) is 11.6 Å². The van der Waals surface area contributed by atoms with Crippen LogP contribution in [0.1, 0.15) is 140 Å². The van der Waals surface area contributed by atoms with E-state index in [1.165, 1.54) is 103 Å². The molecule has 0 saturated carbocycles. The van der Waals surface area contributed by atoms with Crippen LogP contribution in [0.5, 0.6) is 11.5 Å². The zero-order chi connectivity index (χ0) is 29.8. The van der Waals surface area contributed by atoms with Crippen molar-refractivity contribution in [3.8, 4) is 22.6 Å². The van der Waals surface area contributed by atoms with E-state index in [-0.39, 0.29) is 16.9 Å². The van der Waals surface area contributed by atoms with Gasteiger partial charge in [0.1, 0.15) is 17.1 Å². The summed E-state index contributed by atoms with van der Waals surface area (Å²) in [5.41, 5.74) is 2.57. The van der Waals surface area contributed by atoms with E-state index in [1.807, 2.05) is 13.8 Å². The maximum Gasteiger partial charge on any atom is 0.308 e. The number of esters is 1. The number of halogens is 2. The maximum atomic E-state index is 15.0. The normalized spacial score (nSPS) is 16.4. The predicted molar refractivity (Wildman–Crippen MR) is 165 cm³/mol. The van der Waals surface area contributed by atoms with Gasteiger partial charge in [-0.2, -0.15) is 0 Å². The summed E-state index contributed by atoms with van der Waals surface area (Å²) in [4.78, 5) is 12.0. The summed E-state index contributed by atoms with van der Waals surface area (Å²) in [6, 6.07) is 4.12. The Morgan fingerprint density at radius 3 is 2.00 bits per heavy atom. The van der Waals surface area contributed by atoms with Gasteiger partial charge in [-0.1, -0.05) is 103 Å². The first-order valence-electron chi connectivity index (χ1n) is 16.2. The number of carbonyl (C=O) groups is 1. The molecule has 2 aromatic rings. The minimum absolute atomic E-state index is 0.0970. The van der Waals surface area contributed by atoms with Crippen LogP contribution in [0, 0.1) is 25.5 Å². The average molecular weight is 571 g/mol. The third-order valence-corrected chi connectivity index (χ3v) is 8.82. The van der Waals surface area contributed by atoms with Crippen LogP contribution in [0.15, 0.2) is 18.2 Å². The molecule has 0 unspecified atom stereocenters. The van der Waals surface area contributed by atoms with E-state index in [1.54, 1.807) is 0 Å². The molecular weight excluding hydrogens is 518 g/mol. The second-order valence-corrected chi connectivity index (χ2v) is 12.4. The molecule has 0 fully saturated rings. The lowest BCUT2D eigenvalue weighted by Crippen LogP contribution is -2.37. The fourth-order valence-electron chi connectivity index (χ4n) is 6.19. The van der Waals surface area contributed by atoms with Crippen molar-refractivity contribution in [3.63, 3.8) is 0 Å². The third kappa shape index (κ3) is 9.28. The number of fused-ring (bicyclic) bond motifs is 1. The van der Waals surface area contributed by atoms with E-state index in [9.17, 15) is 9.18 Å². The quantitative estimate of drug-likeness (QED) is 0.108. The van der Waals surface area contributed by atoms with Gasteiger partial charge in [-0.3, -0.25) is 4.79 Å². The molecule has 0 aliphatic carbocycles. The molecule has 3 rings (SSSR count). The lowest BCUT2D eigenvalue weighted by Gasteiger charge is -2.38. The standard InChI is InChI=1S/C36H52F2O3/c1-6-7-8-9-10-11-12-13-14-15-16-17-18-19-24-36(5)25-23-30-32(29-21-20-22-31(37)33(29)38)35(40-28(4)39)27(3)26(2)34(30)41-36/h20-22H,6-19,23-25H2,1-5H3/t36-/m1/s1.